The number of aliphatic imine (C=N–C) groups is 1. The lowest BCUT2D eigenvalue weighted by atomic mass is 10.2. The predicted molar refractivity (Wildman–Crippen MR) is 110 cm³/mol. The first kappa shape index (κ1) is 19.7. The van der Waals surface area contributed by atoms with Gasteiger partial charge in [-0.1, -0.05) is 0 Å². The Bertz CT molecular complexity index is 598. The highest BCUT2D eigenvalue weighted by molar-refractivity contribution is 14.0. The monoisotopic (exact) mass is 445 g/mol. The Labute approximate surface area is 159 Å². The van der Waals surface area contributed by atoms with Crippen LogP contribution in [0.25, 0.3) is 0 Å². The van der Waals surface area contributed by atoms with Crippen LogP contribution in [0.5, 0.6) is 0 Å². The maximum Gasteiger partial charge on any atom is 0.191 e. The number of halogens is 1. The van der Waals surface area contributed by atoms with Crippen molar-refractivity contribution in [3.63, 3.8) is 0 Å². The van der Waals surface area contributed by atoms with Gasteiger partial charge in [0.1, 0.15) is 5.82 Å². The Kier molecular flexibility index (Phi) is 8.93. The fourth-order valence-electron chi connectivity index (χ4n) is 1.90. The van der Waals surface area contributed by atoms with Gasteiger partial charge in [0.2, 0.25) is 0 Å². The molecule has 2 heterocycles. The molecule has 2 N–H and O–H groups in total. The number of aromatic nitrogens is 1. The van der Waals surface area contributed by atoms with Crippen molar-refractivity contribution in [2.45, 2.75) is 20.0 Å². The minimum atomic E-state index is 0. The minimum absolute atomic E-state index is 0. The fourth-order valence-corrected chi connectivity index (χ4v) is 2.56. The molecule has 0 aliphatic heterocycles. The Balaban J connectivity index is 0.00000264. The van der Waals surface area contributed by atoms with Crippen molar-refractivity contribution in [2.24, 2.45) is 4.99 Å². The molecule has 126 valence electrons. The summed E-state index contributed by atoms with van der Waals surface area (Å²) in [6.45, 7) is 4.32. The van der Waals surface area contributed by atoms with Gasteiger partial charge in [0, 0.05) is 33.4 Å². The third kappa shape index (κ3) is 6.74. The van der Waals surface area contributed by atoms with Crippen molar-refractivity contribution < 1.29 is 0 Å². The van der Waals surface area contributed by atoms with Crippen molar-refractivity contribution in [2.75, 3.05) is 25.5 Å². The van der Waals surface area contributed by atoms with Crippen molar-refractivity contribution in [1.82, 2.24) is 15.6 Å². The van der Waals surface area contributed by atoms with Gasteiger partial charge in [-0.15, -0.1) is 24.0 Å². The van der Waals surface area contributed by atoms with Crippen LogP contribution in [0.1, 0.15) is 18.1 Å². The summed E-state index contributed by atoms with van der Waals surface area (Å²) in [7, 11) is 3.98. The summed E-state index contributed by atoms with van der Waals surface area (Å²) in [6.07, 6.45) is 1.84. The SMILES string of the molecule is CCNC(=NCc1ccsc1)NCc1ccnc(N(C)C)c1.I. The number of hydrogen-bond donors (Lipinski definition) is 2. The lowest BCUT2D eigenvalue weighted by Gasteiger charge is -2.14. The molecule has 0 atom stereocenters. The smallest absolute Gasteiger partial charge is 0.191 e. The minimum Gasteiger partial charge on any atom is -0.363 e. The molecule has 0 aromatic carbocycles. The maximum absolute atomic E-state index is 4.60. The van der Waals surface area contributed by atoms with Crippen LogP contribution in [-0.4, -0.2) is 31.6 Å². The van der Waals surface area contributed by atoms with E-state index in [-0.39, 0.29) is 24.0 Å². The van der Waals surface area contributed by atoms with Gasteiger partial charge in [-0.3, -0.25) is 0 Å². The number of pyridine rings is 1. The summed E-state index contributed by atoms with van der Waals surface area (Å²) < 4.78 is 0. The Hall–Kier alpha value is -1.35. The zero-order valence-electron chi connectivity index (χ0n) is 13.7. The molecule has 23 heavy (non-hydrogen) atoms. The Morgan fingerprint density at radius 1 is 1.26 bits per heavy atom. The molecule has 0 saturated carbocycles. The quantitative estimate of drug-likeness (QED) is 0.408. The number of guanidine groups is 1. The van der Waals surface area contributed by atoms with E-state index in [1.54, 1.807) is 11.3 Å². The van der Waals surface area contributed by atoms with E-state index in [1.807, 2.05) is 31.3 Å². The van der Waals surface area contributed by atoms with Crippen molar-refractivity contribution in [3.05, 3.63) is 46.3 Å². The number of nitrogens with zero attached hydrogens (tertiary/aromatic N) is 3. The molecule has 7 heteroatoms. The molecule has 5 nitrogen and oxygen atoms in total. The third-order valence-corrected chi connectivity index (χ3v) is 3.80. The fraction of sp³-hybridized carbons (Fsp3) is 0.375. The molecule has 0 aliphatic rings. The molecule has 2 aromatic rings. The van der Waals surface area contributed by atoms with Crippen LogP contribution in [-0.2, 0) is 13.1 Å². The van der Waals surface area contributed by atoms with Crippen molar-refractivity contribution in [3.8, 4) is 0 Å². The number of anilines is 1. The third-order valence-electron chi connectivity index (χ3n) is 3.07. The Morgan fingerprint density at radius 3 is 2.74 bits per heavy atom. The van der Waals surface area contributed by atoms with E-state index in [2.05, 4.69) is 50.4 Å². The van der Waals surface area contributed by atoms with Gasteiger partial charge in [0.15, 0.2) is 5.96 Å². The number of thiophene rings is 1. The van der Waals surface area contributed by atoms with Crippen LogP contribution in [0.15, 0.2) is 40.1 Å². The summed E-state index contributed by atoms with van der Waals surface area (Å²) in [5.74, 6) is 1.79. The highest BCUT2D eigenvalue weighted by Crippen LogP contribution is 2.09. The molecule has 0 spiro atoms. The van der Waals surface area contributed by atoms with Crippen molar-refractivity contribution >= 4 is 47.1 Å². The Morgan fingerprint density at radius 2 is 2.09 bits per heavy atom. The summed E-state index contributed by atoms with van der Waals surface area (Å²) in [4.78, 5) is 10.9. The zero-order chi connectivity index (χ0) is 15.8. The maximum atomic E-state index is 4.60. The lowest BCUT2D eigenvalue weighted by Crippen LogP contribution is -2.36. The molecule has 0 aliphatic carbocycles. The molecule has 2 rings (SSSR count). The highest BCUT2D eigenvalue weighted by atomic mass is 127. The predicted octanol–water partition coefficient (Wildman–Crippen LogP) is 3.08. The van der Waals surface area contributed by atoms with Gasteiger partial charge in [-0.05, 0) is 47.0 Å². The summed E-state index contributed by atoms with van der Waals surface area (Å²) in [5.41, 5.74) is 2.42. The van der Waals surface area contributed by atoms with Gasteiger partial charge in [-0.2, -0.15) is 11.3 Å². The topological polar surface area (TPSA) is 52.6 Å². The van der Waals surface area contributed by atoms with Gasteiger partial charge in [0.25, 0.3) is 0 Å². The second-order valence-corrected chi connectivity index (χ2v) is 5.88. The second kappa shape index (κ2) is 10.4. The van der Waals surface area contributed by atoms with Crippen LogP contribution in [0.3, 0.4) is 0 Å². The average molecular weight is 445 g/mol. The first-order valence-corrected chi connectivity index (χ1v) is 8.29. The van der Waals surface area contributed by atoms with Gasteiger partial charge >= 0.3 is 0 Å². The van der Waals surface area contributed by atoms with Crippen molar-refractivity contribution in [1.29, 1.82) is 0 Å². The molecule has 0 radical (unpaired) electrons. The molecule has 0 saturated heterocycles. The van der Waals surface area contributed by atoms with Crippen LogP contribution in [0.2, 0.25) is 0 Å². The number of hydrogen-bond acceptors (Lipinski definition) is 4. The molecular weight excluding hydrogens is 421 g/mol. The van der Waals surface area contributed by atoms with Gasteiger partial charge in [0.05, 0.1) is 6.54 Å². The molecular formula is C16H24IN5S. The standard InChI is InChI=1S/C16H23N5S.HI/c1-4-17-16(20-11-14-6-8-22-12-14)19-10-13-5-7-18-15(9-13)21(2)3;/h5-9,12H,4,10-11H2,1-3H3,(H2,17,19,20);1H. The molecule has 0 unspecified atom stereocenters. The molecule has 0 amide bonds. The van der Waals surface area contributed by atoms with Crippen LogP contribution in [0.4, 0.5) is 5.82 Å². The summed E-state index contributed by atoms with van der Waals surface area (Å²) in [5, 5.41) is 10.8. The first-order valence-electron chi connectivity index (χ1n) is 7.34. The van der Waals surface area contributed by atoms with E-state index in [0.29, 0.717) is 6.54 Å². The normalized spacial score (nSPS) is 10.8. The van der Waals surface area contributed by atoms with E-state index in [0.717, 1.165) is 24.9 Å². The van der Waals surface area contributed by atoms with Crippen LogP contribution >= 0.6 is 35.3 Å². The number of rotatable bonds is 6. The largest absolute Gasteiger partial charge is 0.363 e. The second-order valence-electron chi connectivity index (χ2n) is 5.10. The summed E-state index contributed by atoms with van der Waals surface area (Å²) >= 11 is 1.70. The summed E-state index contributed by atoms with van der Waals surface area (Å²) in [6, 6.07) is 6.20. The van der Waals surface area contributed by atoms with E-state index in [4.69, 9.17) is 0 Å². The molecule has 2 aromatic heterocycles. The number of nitrogens with one attached hydrogen (secondary N) is 2. The van der Waals surface area contributed by atoms with E-state index in [9.17, 15) is 0 Å². The molecule has 0 bridgehead atoms. The van der Waals surface area contributed by atoms with E-state index < -0.39 is 0 Å². The van der Waals surface area contributed by atoms with E-state index in [1.165, 1.54) is 11.1 Å². The van der Waals surface area contributed by atoms with Gasteiger partial charge in [-0.25, -0.2) is 9.98 Å². The van der Waals surface area contributed by atoms with Gasteiger partial charge < -0.3 is 15.5 Å². The first-order chi connectivity index (χ1) is 10.7. The average Bonchev–Trinajstić information content (AvgIpc) is 3.03. The molecule has 0 fully saturated rings. The lowest BCUT2D eigenvalue weighted by molar-refractivity contribution is 0.815. The zero-order valence-corrected chi connectivity index (χ0v) is 16.9. The van der Waals surface area contributed by atoms with Crippen LogP contribution < -0.4 is 15.5 Å². The van der Waals surface area contributed by atoms with Crippen LogP contribution in [0, 0.1) is 0 Å². The van der Waals surface area contributed by atoms with E-state index >= 15 is 0 Å². The highest BCUT2D eigenvalue weighted by Gasteiger charge is 2.02.